The third-order valence-electron chi connectivity index (χ3n) is 2.97. The molecule has 3 nitrogen and oxygen atoms in total. The number of aromatic nitrogens is 1. The average molecular weight is 242 g/mol. The van der Waals surface area contributed by atoms with Crippen LogP contribution >= 0.6 is 0 Å². The van der Waals surface area contributed by atoms with E-state index in [1.807, 2.05) is 42.5 Å². The quantitative estimate of drug-likeness (QED) is 0.847. The maximum absolute atomic E-state index is 10.0. The van der Waals surface area contributed by atoms with Gasteiger partial charge in [0.05, 0.1) is 6.10 Å². The fourth-order valence-corrected chi connectivity index (χ4v) is 1.99. The second kappa shape index (κ2) is 6.17. The summed E-state index contributed by atoms with van der Waals surface area (Å²) in [7, 11) is 0. The molecule has 1 atom stereocenters. The molecule has 1 aromatic heterocycles. The van der Waals surface area contributed by atoms with Crippen LogP contribution in [0, 0.1) is 0 Å². The minimum Gasteiger partial charge on any atom is -0.388 e. The van der Waals surface area contributed by atoms with Gasteiger partial charge in [-0.05, 0) is 42.5 Å². The number of aliphatic hydroxyl groups is 1. The van der Waals surface area contributed by atoms with Crippen LogP contribution in [-0.2, 0) is 6.42 Å². The highest BCUT2D eigenvalue weighted by Gasteiger charge is 2.06. The minimum absolute atomic E-state index is 0.384. The second-order valence-electron chi connectivity index (χ2n) is 4.41. The second-order valence-corrected chi connectivity index (χ2v) is 4.41. The molecule has 0 saturated carbocycles. The Morgan fingerprint density at radius 3 is 2.67 bits per heavy atom. The first-order valence-electron chi connectivity index (χ1n) is 6.19. The molecule has 0 bridgehead atoms. The van der Waals surface area contributed by atoms with Crippen molar-refractivity contribution in [2.45, 2.75) is 25.4 Å². The summed E-state index contributed by atoms with van der Waals surface area (Å²) < 4.78 is 0. The van der Waals surface area contributed by atoms with Gasteiger partial charge in [-0.25, -0.2) is 4.98 Å². The van der Waals surface area contributed by atoms with Crippen LogP contribution in [0.15, 0.2) is 48.7 Å². The zero-order chi connectivity index (χ0) is 12.8. The Labute approximate surface area is 107 Å². The molecule has 1 heterocycles. The van der Waals surface area contributed by atoms with Crippen molar-refractivity contribution in [3.8, 4) is 0 Å². The average Bonchev–Trinajstić information content (AvgIpc) is 2.40. The van der Waals surface area contributed by atoms with Crippen molar-refractivity contribution in [2.24, 2.45) is 0 Å². The number of nitrogens with zero attached hydrogens (tertiary/aromatic N) is 1. The number of nitrogens with two attached hydrogens (primary N) is 1. The zero-order valence-electron chi connectivity index (χ0n) is 10.3. The lowest BCUT2D eigenvalue weighted by molar-refractivity contribution is 0.164. The molecule has 1 aromatic carbocycles. The number of aliphatic hydroxyl groups excluding tert-OH is 1. The molecule has 0 aliphatic carbocycles. The van der Waals surface area contributed by atoms with Gasteiger partial charge >= 0.3 is 0 Å². The Hall–Kier alpha value is -1.87. The predicted octanol–water partition coefficient (Wildman–Crippen LogP) is 2.72. The number of anilines is 1. The van der Waals surface area contributed by atoms with Crippen molar-refractivity contribution in [1.82, 2.24) is 4.98 Å². The van der Waals surface area contributed by atoms with Gasteiger partial charge in [0, 0.05) is 6.20 Å². The number of hydrogen-bond acceptors (Lipinski definition) is 3. The van der Waals surface area contributed by atoms with Gasteiger partial charge in [-0.15, -0.1) is 0 Å². The summed E-state index contributed by atoms with van der Waals surface area (Å²) in [5.41, 5.74) is 7.77. The van der Waals surface area contributed by atoms with Crippen molar-refractivity contribution in [1.29, 1.82) is 0 Å². The Bertz CT molecular complexity index is 485. The Kier molecular flexibility index (Phi) is 4.31. The number of benzene rings is 1. The fraction of sp³-hybridized carbons (Fsp3) is 0.267. The van der Waals surface area contributed by atoms with E-state index in [0.717, 1.165) is 24.8 Å². The highest BCUT2D eigenvalue weighted by molar-refractivity contribution is 5.31. The van der Waals surface area contributed by atoms with E-state index in [0.29, 0.717) is 5.82 Å². The molecule has 0 aliphatic heterocycles. The maximum Gasteiger partial charge on any atom is 0.123 e. The lowest BCUT2D eigenvalue weighted by atomic mass is 10.0. The first-order chi connectivity index (χ1) is 8.75. The molecule has 2 aromatic rings. The monoisotopic (exact) mass is 242 g/mol. The Morgan fingerprint density at radius 1 is 1.17 bits per heavy atom. The summed E-state index contributed by atoms with van der Waals surface area (Å²) in [5.74, 6) is 0.552. The SMILES string of the molecule is Nc1cc(CCCC(O)c2ccccc2)ccn1. The third-order valence-corrected chi connectivity index (χ3v) is 2.97. The van der Waals surface area contributed by atoms with Crippen LogP contribution in [0.2, 0.25) is 0 Å². The molecule has 94 valence electrons. The van der Waals surface area contributed by atoms with E-state index in [-0.39, 0.29) is 6.10 Å². The van der Waals surface area contributed by atoms with Crippen molar-refractivity contribution < 1.29 is 5.11 Å². The van der Waals surface area contributed by atoms with E-state index < -0.39 is 0 Å². The normalized spacial score (nSPS) is 12.3. The molecule has 3 heteroatoms. The number of nitrogen functional groups attached to an aromatic ring is 1. The molecular formula is C15H18N2O. The standard InChI is InChI=1S/C15H18N2O/c16-15-11-12(9-10-17-15)5-4-8-14(18)13-6-2-1-3-7-13/h1-3,6-7,9-11,14,18H,4-5,8H2,(H2,16,17). The van der Waals surface area contributed by atoms with Crippen molar-refractivity contribution in [3.63, 3.8) is 0 Å². The summed E-state index contributed by atoms with van der Waals surface area (Å²) in [6.07, 6.45) is 3.94. The van der Waals surface area contributed by atoms with Crippen LogP contribution in [-0.4, -0.2) is 10.1 Å². The predicted molar refractivity (Wildman–Crippen MR) is 73.0 cm³/mol. The summed E-state index contributed by atoms with van der Waals surface area (Å²) in [4.78, 5) is 3.96. The van der Waals surface area contributed by atoms with Crippen LogP contribution in [0.25, 0.3) is 0 Å². The molecule has 1 unspecified atom stereocenters. The van der Waals surface area contributed by atoms with Gasteiger partial charge in [0.1, 0.15) is 5.82 Å². The summed E-state index contributed by atoms with van der Waals surface area (Å²) in [5, 5.41) is 10.0. The first kappa shape index (κ1) is 12.6. The van der Waals surface area contributed by atoms with E-state index in [9.17, 15) is 5.11 Å². The number of rotatable bonds is 5. The Balaban J connectivity index is 1.82. The Morgan fingerprint density at radius 2 is 1.94 bits per heavy atom. The largest absolute Gasteiger partial charge is 0.388 e. The smallest absolute Gasteiger partial charge is 0.123 e. The fourth-order valence-electron chi connectivity index (χ4n) is 1.99. The van der Waals surface area contributed by atoms with Crippen LogP contribution in [0.1, 0.15) is 30.1 Å². The lowest BCUT2D eigenvalue weighted by Crippen LogP contribution is -1.99. The molecule has 0 fully saturated rings. The minimum atomic E-state index is -0.384. The van der Waals surface area contributed by atoms with Crippen LogP contribution in [0.4, 0.5) is 5.82 Å². The number of aryl methyl sites for hydroxylation is 1. The van der Waals surface area contributed by atoms with Crippen LogP contribution in [0.5, 0.6) is 0 Å². The molecule has 3 N–H and O–H groups in total. The van der Waals surface area contributed by atoms with E-state index in [1.165, 1.54) is 5.56 Å². The van der Waals surface area contributed by atoms with Gasteiger partial charge < -0.3 is 10.8 Å². The molecular weight excluding hydrogens is 224 g/mol. The van der Waals surface area contributed by atoms with Crippen LogP contribution in [0.3, 0.4) is 0 Å². The molecule has 2 rings (SSSR count). The van der Waals surface area contributed by atoms with E-state index >= 15 is 0 Å². The summed E-state index contributed by atoms with van der Waals surface area (Å²) in [6.45, 7) is 0. The lowest BCUT2D eigenvalue weighted by Gasteiger charge is -2.10. The number of pyridine rings is 1. The zero-order valence-corrected chi connectivity index (χ0v) is 10.3. The maximum atomic E-state index is 10.0. The van der Waals surface area contributed by atoms with Crippen molar-refractivity contribution in [3.05, 3.63) is 59.8 Å². The summed E-state index contributed by atoms with van der Waals surface area (Å²) in [6, 6.07) is 13.6. The van der Waals surface area contributed by atoms with Crippen molar-refractivity contribution in [2.75, 3.05) is 5.73 Å². The van der Waals surface area contributed by atoms with Crippen LogP contribution < -0.4 is 5.73 Å². The first-order valence-corrected chi connectivity index (χ1v) is 6.19. The van der Waals surface area contributed by atoms with E-state index in [2.05, 4.69) is 4.98 Å². The van der Waals surface area contributed by atoms with Crippen molar-refractivity contribution >= 4 is 5.82 Å². The third kappa shape index (κ3) is 3.57. The molecule has 0 saturated heterocycles. The molecule has 0 amide bonds. The van der Waals surface area contributed by atoms with E-state index in [4.69, 9.17) is 5.73 Å². The summed E-state index contributed by atoms with van der Waals surface area (Å²) >= 11 is 0. The van der Waals surface area contributed by atoms with Gasteiger partial charge in [0.15, 0.2) is 0 Å². The highest BCUT2D eigenvalue weighted by atomic mass is 16.3. The topological polar surface area (TPSA) is 59.1 Å². The van der Waals surface area contributed by atoms with Gasteiger partial charge in [-0.2, -0.15) is 0 Å². The van der Waals surface area contributed by atoms with Gasteiger partial charge in [0.2, 0.25) is 0 Å². The molecule has 18 heavy (non-hydrogen) atoms. The van der Waals surface area contributed by atoms with Gasteiger partial charge in [-0.3, -0.25) is 0 Å². The molecule has 0 radical (unpaired) electrons. The van der Waals surface area contributed by atoms with Gasteiger partial charge in [0.25, 0.3) is 0 Å². The van der Waals surface area contributed by atoms with E-state index in [1.54, 1.807) is 6.20 Å². The van der Waals surface area contributed by atoms with Gasteiger partial charge in [-0.1, -0.05) is 30.3 Å². The number of hydrogen-bond donors (Lipinski definition) is 2. The highest BCUT2D eigenvalue weighted by Crippen LogP contribution is 2.19. The molecule has 0 spiro atoms. The molecule has 0 aliphatic rings.